The molecule has 5 nitrogen and oxygen atoms in total. The Balaban J connectivity index is 1.82. The minimum absolute atomic E-state index is 0.0122. The van der Waals surface area contributed by atoms with Crippen LogP contribution in [-0.2, 0) is 6.61 Å². The van der Waals surface area contributed by atoms with Crippen LogP contribution in [-0.4, -0.2) is 43.9 Å². The van der Waals surface area contributed by atoms with Crippen molar-refractivity contribution in [3.05, 3.63) is 12.2 Å². The van der Waals surface area contributed by atoms with Crippen molar-refractivity contribution in [2.75, 3.05) is 7.05 Å². The number of hydrogen-bond donors (Lipinski definition) is 1. The first-order valence-electron chi connectivity index (χ1n) is 6.50. The normalized spacial score (nSPS) is 33.9. The van der Waals surface area contributed by atoms with Gasteiger partial charge in [-0.15, -0.1) is 10.2 Å². The van der Waals surface area contributed by atoms with E-state index < -0.39 is 0 Å². The third-order valence-corrected chi connectivity index (χ3v) is 4.50. The third kappa shape index (κ3) is 1.87. The smallest absolute Gasteiger partial charge is 0.158 e. The molecule has 1 aromatic heterocycles. The zero-order valence-corrected chi connectivity index (χ0v) is 10.3. The molecule has 1 N–H and O–H groups in total. The first-order chi connectivity index (χ1) is 8.29. The van der Waals surface area contributed by atoms with Gasteiger partial charge in [-0.25, -0.2) is 0 Å². The summed E-state index contributed by atoms with van der Waals surface area (Å²) in [7, 11) is 2.25. The summed E-state index contributed by atoms with van der Waals surface area (Å²) in [6, 6.07) is 1.86. The Bertz CT molecular complexity index is 378. The number of nitrogens with zero attached hydrogens (tertiary/aromatic N) is 4. The Morgan fingerprint density at radius 1 is 1.29 bits per heavy atom. The molecule has 17 heavy (non-hydrogen) atoms. The molecule has 2 saturated heterocycles. The molecule has 2 fully saturated rings. The lowest BCUT2D eigenvalue weighted by Crippen LogP contribution is -2.50. The average molecular weight is 236 g/mol. The molecule has 1 aromatic rings. The van der Waals surface area contributed by atoms with Crippen LogP contribution >= 0.6 is 0 Å². The Labute approximate surface area is 101 Å². The van der Waals surface area contributed by atoms with Gasteiger partial charge in [0.15, 0.2) is 5.82 Å². The van der Waals surface area contributed by atoms with E-state index in [1.807, 2.05) is 0 Å². The van der Waals surface area contributed by atoms with E-state index >= 15 is 0 Å². The highest BCUT2D eigenvalue weighted by atomic mass is 16.3. The van der Waals surface area contributed by atoms with Gasteiger partial charge in [0.25, 0.3) is 0 Å². The van der Waals surface area contributed by atoms with E-state index in [0.29, 0.717) is 23.9 Å². The summed E-state index contributed by atoms with van der Waals surface area (Å²) in [6.45, 7) is -0.0122. The Hall–Kier alpha value is -0.940. The Morgan fingerprint density at radius 2 is 2.00 bits per heavy atom. The first-order valence-corrected chi connectivity index (χ1v) is 6.50. The second kappa shape index (κ2) is 4.38. The van der Waals surface area contributed by atoms with Gasteiger partial charge in [0.1, 0.15) is 12.9 Å². The van der Waals surface area contributed by atoms with Crippen LogP contribution in [0, 0.1) is 0 Å². The molecule has 94 valence electrons. The van der Waals surface area contributed by atoms with E-state index in [1.165, 1.54) is 19.3 Å². The monoisotopic (exact) mass is 236 g/mol. The molecule has 2 aliphatic heterocycles. The number of fused-ring (bicyclic) bond motifs is 2. The van der Waals surface area contributed by atoms with Gasteiger partial charge in [-0.3, -0.25) is 0 Å². The molecule has 0 spiro atoms. The Morgan fingerprint density at radius 3 is 2.65 bits per heavy atom. The number of piperidine rings is 2. The topological polar surface area (TPSA) is 54.2 Å². The van der Waals surface area contributed by atoms with Gasteiger partial charge in [-0.1, -0.05) is 6.42 Å². The molecular weight excluding hydrogens is 216 g/mol. The Kier molecular flexibility index (Phi) is 2.88. The van der Waals surface area contributed by atoms with Crippen LogP contribution in [0.5, 0.6) is 0 Å². The zero-order valence-electron chi connectivity index (χ0n) is 10.3. The number of hydrogen-bond acceptors (Lipinski definition) is 4. The van der Waals surface area contributed by atoms with Crippen LogP contribution in [0.1, 0.15) is 44.0 Å². The minimum Gasteiger partial charge on any atom is -0.388 e. The maximum atomic E-state index is 9.26. The van der Waals surface area contributed by atoms with Crippen molar-refractivity contribution in [3.8, 4) is 0 Å². The van der Waals surface area contributed by atoms with Gasteiger partial charge in [0, 0.05) is 18.1 Å². The summed E-state index contributed by atoms with van der Waals surface area (Å²) in [5, 5.41) is 17.2. The predicted molar refractivity (Wildman–Crippen MR) is 63.4 cm³/mol. The van der Waals surface area contributed by atoms with Crippen LogP contribution in [0.15, 0.2) is 6.33 Å². The highest BCUT2D eigenvalue weighted by Gasteiger charge is 2.37. The number of aliphatic hydroxyl groups excluding tert-OH is 1. The fourth-order valence-corrected chi connectivity index (χ4v) is 3.50. The molecule has 0 amide bonds. The van der Waals surface area contributed by atoms with Gasteiger partial charge in [0.2, 0.25) is 0 Å². The second-order valence-electron chi connectivity index (χ2n) is 5.34. The van der Waals surface area contributed by atoms with Crippen molar-refractivity contribution < 1.29 is 5.11 Å². The number of rotatable bonds is 2. The largest absolute Gasteiger partial charge is 0.388 e. The fourth-order valence-electron chi connectivity index (χ4n) is 3.50. The molecule has 5 heteroatoms. The average Bonchev–Trinajstić information content (AvgIpc) is 2.76. The molecule has 3 rings (SSSR count). The summed E-state index contributed by atoms with van der Waals surface area (Å²) < 4.78 is 2.08. The summed E-state index contributed by atoms with van der Waals surface area (Å²) in [6.07, 6.45) is 8.08. The summed E-state index contributed by atoms with van der Waals surface area (Å²) in [5.41, 5.74) is 0. The molecule has 0 aliphatic carbocycles. The molecule has 3 heterocycles. The summed E-state index contributed by atoms with van der Waals surface area (Å²) >= 11 is 0. The van der Waals surface area contributed by atoms with Gasteiger partial charge in [0.05, 0.1) is 0 Å². The molecule has 0 saturated carbocycles. The van der Waals surface area contributed by atoms with Crippen molar-refractivity contribution in [1.29, 1.82) is 0 Å². The second-order valence-corrected chi connectivity index (χ2v) is 5.34. The molecule has 2 bridgehead atoms. The highest BCUT2D eigenvalue weighted by molar-refractivity contribution is 4.96. The number of aromatic nitrogens is 3. The predicted octanol–water partition coefficient (Wildman–Crippen LogP) is 0.958. The van der Waals surface area contributed by atoms with Gasteiger partial charge >= 0.3 is 0 Å². The molecule has 0 aromatic carbocycles. The lowest BCUT2D eigenvalue weighted by molar-refractivity contribution is 0.0383. The van der Waals surface area contributed by atoms with E-state index in [1.54, 1.807) is 6.33 Å². The van der Waals surface area contributed by atoms with Gasteiger partial charge < -0.3 is 14.6 Å². The van der Waals surface area contributed by atoms with Crippen molar-refractivity contribution in [2.24, 2.45) is 0 Å². The zero-order chi connectivity index (χ0) is 11.8. The lowest BCUT2D eigenvalue weighted by atomic mass is 9.82. The quantitative estimate of drug-likeness (QED) is 0.831. The van der Waals surface area contributed by atoms with Crippen LogP contribution in [0.2, 0.25) is 0 Å². The SMILES string of the molecule is CN1C2CCCC1CC(n1cnnc1CO)C2. The maximum absolute atomic E-state index is 9.26. The third-order valence-electron chi connectivity index (χ3n) is 4.50. The molecule has 2 unspecified atom stereocenters. The standard InChI is InChI=1S/C12H20N4O/c1-15-9-3-2-4-10(15)6-11(5-9)16-8-13-14-12(16)7-17/h8-11,17H,2-7H2,1H3. The number of aliphatic hydroxyl groups is 1. The maximum Gasteiger partial charge on any atom is 0.158 e. The van der Waals surface area contributed by atoms with E-state index in [0.717, 1.165) is 12.8 Å². The van der Waals surface area contributed by atoms with Crippen molar-refractivity contribution in [1.82, 2.24) is 19.7 Å². The fraction of sp³-hybridized carbons (Fsp3) is 0.833. The van der Waals surface area contributed by atoms with E-state index in [-0.39, 0.29) is 6.61 Å². The lowest BCUT2D eigenvalue weighted by Gasteiger charge is -2.47. The molecule has 2 atom stereocenters. The molecular formula is C12H20N4O. The van der Waals surface area contributed by atoms with E-state index in [9.17, 15) is 5.11 Å². The minimum atomic E-state index is -0.0122. The highest BCUT2D eigenvalue weighted by Crippen LogP contribution is 2.38. The van der Waals surface area contributed by atoms with Crippen molar-refractivity contribution in [2.45, 2.75) is 56.8 Å². The molecule has 0 radical (unpaired) electrons. The van der Waals surface area contributed by atoms with Gasteiger partial charge in [-0.05, 0) is 32.7 Å². The van der Waals surface area contributed by atoms with E-state index in [2.05, 4.69) is 26.7 Å². The summed E-state index contributed by atoms with van der Waals surface area (Å²) in [4.78, 5) is 2.54. The van der Waals surface area contributed by atoms with E-state index in [4.69, 9.17) is 0 Å². The summed E-state index contributed by atoms with van der Waals surface area (Å²) in [5.74, 6) is 0.706. The van der Waals surface area contributed by atoms with Gasteiger partial charge in [-0.2, -0.15) is 0 Å². The van der Waals surface area contributed by atoms with Crippen molar-refractivity contribution >= 4 is 0 Å². The van der Waals surface area contributed by atoms with Crippen LogP contribution in [0.25, 0.3) is 0 Å². The molecule has 2 aliphatic rings. The van der Waals surface area contributed by atoms with Crippen LogP contribution < -0.4 is 0 Å². The van der Waals surface area contributed by atoms with Crippen LogP contribution in [0.4, 0.5) is 0 Å². The van der Waals surface area contributed by atoms with Crippen LogP contribution in [0.3, 0.4) is 0 Å². The first kappa shape index (κ1) is 11.2. The van der Waals surface area contributed by atoms with Crippen molar-refractivity contribution in [3.63, 3.8) is 0 Å².